The highest BCUT2D eigenvalue weighted by atomic mass is 35.5. The first-order valence-electron chi connectivity index (χ1n) is 10.5. The topological polar surface area (TPSA) is 9.23 Å². The third-order valence-corrected chi connectivity index (χ3v) is 10.8. The Bertz CT molecular complexity index is 839. The molecule has 0 saturated carbocycles. The average molecular weight is 479 g/mol. The van der Waals surface area contributed by atoms with Crippen LogP contribution in [-0.4, -0.2) is 8.32 Å². The summed E-state index contributed by atoms with van der Waals surface area (Å²) in [7, 11) is -2.26. The van der Waals surface area contributed by atoms with Crippen LogP contribution in [0.3, 0.4) is 0 Å². The van der Waals surface area contributed by atoms with Crippen LogP contribution in [0.4, 0.5) is 22.0 Å². The summed E-state index contributed by atoms with van der Waals surface area (Å²) in [6.45, 7) is 6.01. The Kier molecular flexibility index (Phi) is 9.10. The van der Waals surface area contributed by atoms with Crippen molar-refractivity contribution in [2.24, 2.45) is 0 Å². The van der Waals surface area contributed by atoms with E-state index in [1.165, 1.54) is 24.3 Å². The van der Waals surface area contributed by atoms with Gasteiger partial charge in [0.1, 0.15) is 11.6 Å². The summed E-state index contributed by atoms with van der Waals surface area (Å²) in [5.74, 6) is -1.36. The molecule has 2 rings (SSSR count). The van der Waals surface area contributed by atoms with Crippen LogP contribution in [0.5, 0.6) is 0 Å². The third kappa shape index (κ3) is 6.77. The summed E-state index contributed by atoms with van der Waals surface area (Å²) in [5, 5.41) is 0.0165. The third-order valence-electron chi connectivity index (χ3n) is 5.86. The molecule has 1 atom stereocenters. The second-order valence-corrected chi connectivity index (χ2v) is 12.8. The van der Waals surface area contributed by atoms with Crippen LogP contribution < -0.4 is 0 Å². The Morgan fingerprint density at radius 1 is 0.968 bits per heavy atom. The molecule has 0 N–H and O–H groups in total. The normalized spacial score (nSPS) is 13.5. The first-order chi connectivity index (χ1) is 14.5. The van der Waals surface area contributed by atoms with Gasteiger partial charge in [-0.25, -0.2) is 8.78 Å². The van der Waals surface area contributed by atoms with Gasteiger partial charge >= 0.3 is 6.18 Å². The number of halogens is 6. The Labute approximate surface area is 186 Å². The average Bonchev–Trinajstić information content (AvgIpc) is 2.69. The van der Waals surface area contributed by atoms with E-state index in [1.54, 1.807) is 0 Å². The minimum Gasteiger partial charge on any atom is -0.410 e. The molecule has 0 fully saturated rings. The van der Waals surface area contributed by atoms with E-state index in [0.29, 0.717) is 18.4 Å². The molecule has 0 aliphatic rings. The van der Waals surface area contributed by atoms with E-state index in [1.807, 2.05) is 20.8 Å². The van der Waals surface area contributed by atoms with E-state index in [-0.39, 0.29) is 17.0 Å². The molecule has 31 heavy (non-hydrogen) atoms. The van der Waals surface area contributed by atoms with Crippen molar-refractivity contribution in [2.75, 3.05) is 0 Å². The molecule has 0 aliphatic heterocycles. The highest BCUT2D eigenvalue weighted by molar-refractivity contribution is 6.73. The van der Waals surface area contributed by atoms with Gasteiger partial charge in [-0.2, -0.15) is 13.2 Å². The lowest BCUT2D eigenvalue weighted by molar-refractivity contribution is -0.139. The van der Waals surface area contributed by atoms with Crippen molar-refractivity contribution in [3.63, 3.8) is 0 Å². The van der Waals surface area contributed by atoms with Crippen molar-refractivity contribution in [1.29, 1.82) is 0 Å². The smallest absolute Gasteiger partial charge is 0.410 e. The zero-order valence-electron chi connectivity index (χ0n) is 18.0. The van der Waals surface area contributed by atoms with E-state index >= 15 is 0 Å². The first-order valence-corrected chi connectivity index (χ1v) is 13.4. The van der Waals surface area contributed by atoms with Crippen LogP contribution in [0, 0.1) is 11.6 Å². The lowest BCUT2D eigenvalue weighted by Crippen LogP contribution is -2.37. The van der Waals surface area contributed by atoms with Crippen molar-refractivity contribution in [1.82, 2.24) is 0 Å². The number of rotatable bonds is 10. The maximum absolute atomic E-state index is 13.8. The van der Waals surface area contributed by atoms with Crippen LogP contribution in [0.15, 0.2) is 36.4 Å². The van der Waals surface area contributed by atoms with E-state index in [9.17, 15) is 22.0 Å². The number of alkyl halides is 3. The fourth-order valence-electron chi connectivity index (χ4n) is 3.92. The van der Waals surface area contributed by atoms with Crippen LogP contribution in [0.25, 0.3) is 0 Å². The van der Waals surface area contributed by atoms with Gasteiger partial charge < -0.3 is 4.43 Å². The van der Waals surface area contributed by atoms with E-state index < -0.39 is 37.8 Å². The number of aryl methyl sites for hydroxylation is 1. The van der Waals surface area contributed by atoms with Gasteiger partial charge in [0.15, 0.2) is 8.32 Å². The molecule has 0 heterocycles. The van der Waals surface area contributed by atoms with Gasteiger partial charge in [-0.05, 0) is 67.2 Å². The zero-order chi connectivity index (χ0) is 23.2. The molecular weight excluding hydrogens is 451 g/mol. The molecule has 0 radical (unpaired) electrons. The quantitative estimate of drug-likeness (QED) is 0.245. The largest absolute Gasteiger partial charge is 0.416 e. The summed E-state index contributed by atoms with van der Waals surface area (Å²) in [5.41, 5.74) is -0.390. The minimum atomic E-state index is -4.57. The highest BCUT2D eigenvalue weighted by Crippen LogP contribution is 2.43. The van der Waals surface area contributed by atoms with Crippen molar-refractivity contribution in [2.45, 2.75) is 70.4 Å². The van der Waals surface area contributed by atoms with Gasteiger partial charge in [-0.1, -0.05) is 38.4 Å². The summed E-state index contributed by atoms with van der Waals surface area (Å²) < 4.78 is 74.7. The number of hydrogen-bond acceptors (Lipinski definition) is 1. The van der Waals surface area contributed by atoms with Gasteiger partial charge in [0.05, 0.1) is 11.7 Å². The van der Waals surface area contributed by atoms with Gasteiger partial charge in [0.25, 0.3) is 0 Å². The second kappa shape index (κ2) is 10.9. The Hall–Kier alpha value is -1.44. The van der Waals surface area contributed by atoms with Crippen molar-refractivity contribution >= 4 is 19.9 Å². The van der Waals surface area contributed by atoms with E-state index in [2.05, 4.69) is 0 Å². The summed E-state index contributed by atoms with van der Waals surface area (Å²) in [4.78, 5) is 0. The molecule has 8 heteroatoms. The van der Waals surface area contributed by atoms with Gasteiger partial charge in [-0.15, -0.1) is 0 Å². The van der Waals surface area contributed by atoms with E-state index in [4.69, 9.17) is 16.0 Å². The lowest BCUT2D eigenvalue weighted by atomic mass is 9.96. The fraction of sp³-hybridized carbons (Fsp3) is 0.478. The molecule has 0 aromatic heterocycles. The van der Waals surface area contributed by atoms with Gasteiger partial charge in [0, 0.05) is 16.7 Å². The van der Waals surface area contributed by atoms with Gasteiger partial charge in [-0.3, -0.25) is 0 Å². The second-order valence-electron chi connectivity index (χ2n) is 7.72. The molecule has 2 aromatic rings. The lowest BCUT2D eigenvalue weighted by Gasteiger charge is -2.35. The molecule has 0 saturated heterocycles. The molecular formula is C23H28ClF5OSi. The van der Waals surface area contributed by atoms with Crippen LogP contribution in [0.1, 0.15) is 56.4 Å². The SMILES string of the molecule is CC[Si](CC)(CC)OC(CCCc1cc(F)cc(F)c1)c1c(Cl)cccc1C(F)(F)F. The Balaban J connectivity index is 2.38. The highest BCUT2D eigenvalue weighted by Gasteiger charge is 2.39. The monoisotopic (exact) mass is 478 g/mol. The van der Waals surface area contributed by atoms with Crippen molar-refractivity contribution in [3.8, 4) is 0 Å². The molecule has 0 bridgehead atoms. The number of hydrogen-bond donors (Lipinski definition) is 0. The first kappa shape index (κ1) is 25.8. The molecule has 1 nitrogen and oxygen atoms in total. The Morgan fingerprint density at radius 3 is 2.06 bits per heavy atom. The molecule has 1 unspecified atom stereocenters. The molecule has 0 amide bonds. The maximum Gasteiger partial charge on any atom is 0.416 e. The summed E-state index contributed by atoms with van der Waals surface area (Å²) >= 11 is 6.26. The maximum atomic E-state index is 13.8. The summed E-state index contributed by atoms with van der Waals surface area (Å²) in [6.07, 6.45) is -4.42. The van der Waals surface area contributed by atoms with Crippen LogP contribution in [0.2, 0.25) is 23.2 Å². The predicted octanol–water partition coefficient (Wildman–Crippen LogP) is 8.72. The van der Waals surface area contributed by atoms with Crippen molar-refractivity contribution in [3.05, 3.63) is 69.7 Å². The van der Waals surface area contributed by atoms with Crippen molar-refractivity contribution < 1.29 is 26.4 Å². The standard InChI is InChI=1S/C23H28ClF5OSi/c1-4-31(5-2,6-3)30-21(12-7-9-16-13-17(25)15-18(26)14-16)22-19(23(27,28)29)10-8-11-20(22)24/h8,10-11,13-15,21H,4-7,9,12H2,1-3H3. The fourth-order valence-corrected chi connectivity index (χ4v) is 7.06. The minimum absolute atomic E-state index is 0.0165. The zero-order valence-corrected chi connectivity index (χ0v) is 19.7. The molecule has 2 aromatic carbocycles. The molecule has 0 aliphatic carbocycles. The molecule has 0 spiro atoms. The predicted molar refractivity (Wildman–Crippen MR) is 117 cm³/mol. The van der Waals surface area contributed by atoms with Crippen LogP contribution >= 0.6 is 11.6 Å². The van der Waals surface area contributed by atoms with E-state index in [0.717, 1.165) is 30.3 Å². The molecule has 172 valence electrons. The van der Waals surface area contributed by atoms with Crippen LogP contribution in [-0.2, 0) is 17.0 Å². The number of benzene rings is 2. The Morgan fingerprint density at radius 2 is 1.55 bits per heavy atom. The summed E-state index contributed by atoms with van der Waals surface area (Å²) in [6, 6.07) is 9.33. The van der Waals surface area contributed by atoms with Gasteiger partial charge in [0.2, 0.25) is 0 Å².